The van der Waals surface area contributed by atoms with Crippen LogP contribution in [-0.4, -0.2) is 56.3 Å². The molecule has 0 saturated heterocycles. The van der Waals surface area contributed by atoms with Crippen molar-refractivity contribution in [2.45, 2.75) is 79.7 Å². The second-order valence-electron chi connectivity index (χ2n) is 11.0. The molecule has 0 bridgehead atoms. The summed E-state index contributed by atoms with van der Waals surface area (Å²) in [5.74, 6) is -5.94. The molecule has 1 atom stereocenters. The van der Waals surface area contributed by atoms with Gasteiger partial charge in [0.1, 0.15) is 11.5 Å². The van der Waals surface area contributed by atoms with E-state index in [0.717, 1.165) is 43.2 Å². The molecule has 1 fully saturated rings. The van der Waals surface area contributed by atoms with Gasteiger partial charge < -0.3 is 28.7 Å². The lowest BCUT2D eigenvalue weighted by molar-refractivity contribution is -0.150. The van der Waals surface area contributed by atoms with Gasteiger partial charge in [0.15, 0.2) is 5.42 Å². The van der Waals surface area contributed by atoms with E-state index in [-0.39, 0.29) is 59.8 Å². The van der Waals surface area contributed by atoms with E-state index >= 15 is 0 Å². The number of esters is 4. The van der Waals surface area contributed by atoms with Crippen LogP contribution in [0.3, 0.4) is 0 Å². The summed E-state index contributed by atoms with van der Waals surface area (Å²) in [4.78, 5) is 70.2. The maximum Gasteiger partial charge on any atom is 0.340 e. The van der Waals surface area contributed by atoms with Crippen molar-refractivity contribution in [1.29, 1.82) is 0 Å². The maximum atomic E-state index is 14.6. The molecule has 0 radical (unpaired) electrons. The first kappa shape index (κ1) is 33.5. The zero-order valence-electron chi connectivity index (χ0n) is 26.8. The number of benzene rings is 1. The molecular weight excluding hydrogens is 582 g/mol. The largest absolute Gasteiger partial charge is 0.465 e. The van der Waals surface area contributed by atoms with Crippen LogP contribution < -0.4 is 21.4 Å². The monoisotopic (exact) mass is 623 g/mol. The van der Waals surface area contributed by atoms with E-state index in [4.69, 9.17) is 23.4 Å². The molecule has 11 nitrogen and oxygen atoms in total. The fourth-order valence-electron chi connectivity index (χ4n) is 5.87. The summed E-state index contributed by atoms with van der Waals surface area (Å²) in [5, 5.41) is 3.37. The summed E-state index contributed by atoms with van der Waals surface area (Å²) >= 11 is 0. The Bertz CT molecular complexity index is 1730. The predicted octanol–water partition coefficient (Wildman–Crippen LogP) is 2.77. The van der Waals surface area contributed by atoms with Crippen molar-refractivity contribution in [2.24, 2.45) is 5.92 Å². The normalized spacial score (nSPS) is 17.0. The topological polar surface area (TPSA) is 147 Å². The van der Waals surface area contributed by atoms with Crippen molar-refractivity contribution < 1.29 is 42.5 Å². The van der Waals surface area contributed by atoms with Crippen molar-refractivity contribution in [3.8, 4) is 0 Å². The summed E-state index contributed by atoms with van der Waals surface area (Å²) in [7, 11) is 0. The number of aryl methyl sites for hydroxylation is 2. The molecule has 1 N–H and O–H groups in total. The van der Waals surface area contributed by atoms with Crippen LogP contribution in [0.15, 0.2) is 32.5 Å². The second-order valence-corrected chi connectivity index (χ2v) is 11.0. The summed E-state index contributed by atoms with van der Waals surface area (Å²) in [6, 6.07) is 3.14. The third kappa shape index (κ3) is 6.67. The molecule has 1 heterocycles. The van der Waals surface area contributed by atoms with Gasteiger partial charge in [0.05, 0.1) is 59.4 Å². The number of fused-ring (bicyclic) bond motifs is 2. The van der Waals surface area contributed by atoms with Crippen LogP contribution in [0, 0.1) is 19.8 Å². The number of ether oxygens (including phenoxy) is 4. The van der Waals surface area contributed by atoms with Crippen molar-refractivity contribution in [1.82, 2.24) is 5.32 Å². The fourth-order valence-corrected chi connectivity index (χ4v) is 5.87. The van der Waals surface area contributed by atoms with Gasteiger partial charge in [-0.25, -0.2) is 14.4 Å². The van der Waals surface area contributed by atoms with Crippen molar-refractivity contribution in [3.63, 3.8) is 0 Å². The van der Waals surface area contributed by atoms with E-state index in [2.05, 4.69) is 5.32 Å². The first-order chi connectivity index (χ1) is 21.6. The van der Waals surface area contributed by atoms with Crippen LogP contribution in [0.2, 0.25) is 0 Å². The Kier molecular flexibility index (Phi) is 10.8. The van der Waals surface area contributed by atoms with E-state index in [9.17, 15) is 24.0 Å². The lowest BCUT2D eigenvalue weighted by atomic mass is 9.87. The van der Waals surface area contributed by atoms with Crippen LogP contribution in [0.1, 0.15) is 70.9 Å². The minimum absolute atomic E-state index is 0.0686. The number of hydrogen-bond donors (Lipinski definition) is 1. The van der Waals surface area contributed by atoms with E-state index in [0.29, 0.717) is 0 Å². The minimum Gasteiger partial charge on any atom is -0.465 e. The first-order valence-corrected chi connectivity index (χ1v) is 15.6. The van der Waals surface area contributed by atoms with E-state index in [1.54, 1.807) is 39.8 Å². The second kappa shape index (κ2) is 14.6. The number of hydrogen-bond acceptors (Lipinski definition) is 11. The average molecular weight is 624 g/mol. The van der Waals surface area contributed by atoms with E-state index in [1.807, 2.05) is 13.8 Å². The van der Waals surface area contributed by atoms with E-state index < -0.39 is 51.9 Å². The van der Waals surface area contributed by atoms with Crippen molar-refractivity contribution in [2.75, 3.05) is 26.4 Å². The van der Waals surface area contributed by atoms with Crippen molar-refractivity contribution in [3.05, 3.63) is 55.3 Å². The Morgan fingerprint density at radius 1 is 0.778 bits per heavy atom. The molecule has 0 spiro atoms. The molecule has 2 aliphatic rings. The first-order valence-electron chi connectivity index (χ1n) is 15.6. The highest BCUT2D eigenvalue weighted by molar-refractivity contribution is 6.22. The highest BCUT2D eigenvalue weighted by atomic mass is 16.5. The minimum atomic E-state index is -1.85. The highest BCUT2D eigenvalue weighted by Crippen LogP contribution is 2.33. The zero-order valence-corrected chi connectivity index (χ0v) is 26.8. The lowest BCUT2D eigenvalue weighted by Gasteiger charge is -2.27. The molecular formula is C34H41NO10. The Balaban J connectivity index is 2.37. The quantitative estimate of drug-likeness (QED) is 0.308. The van der Waals surface area contributed by atoms with Gasteiger partial charge in [0, 0.05) is 6.04 Å². The van der Waals surface area contributed by atoms with Crippen LogP contribution in [0.5, 0.6) is 0 Å². The summed E-state index contributed by atoms with van der Waals surface area (Å²) in [6.07, 6.45) is 4.26. The fraction of sp³-hybridized carbons (Fsp3) is 0.500. The molecule has 242 valence electrons. The Morgan fingerprint density at radius 2 is 1.33 bits per heavy atom. The van der Waals surface area contributed by atoms with Gasteiger partial charge in [-0.1, -0.05) is 19.3 Å². The lowest BCUT2D eigenvalue weighted by Crippen LogP contribution is -2.48. The standard InChI is InChI=1S/C34H41NO10/c1-7-41-31(37)23-24(32(38)42-8-2)26(34(40)44-10-4)30-27(29(36)21-16-18(5)19(6)17-22(21)45-30)28(25(23)33(39)43-9-3)35-20-14-12-11-13-15-20/h16-17,20,24,35H,7-15H2,1-6H3. The van der Waals surface area contributed by atoms with Gasteiger partial charge in [-0.05, 0) is 77.6 Å². The zero-order chi connectivity index (χ0) is 32.8. The molecule has 1 aromatic heterocycles. The van der Waals surface area contributed by atoms with E-state index in [1.165, 1.54) is 0 Å². The van der Waals surface area contributed by atoms with Gasteiger partial charge in [-0.15, -0.1) is 0 Å². The summed E-state index contributed by atoms with van der Waals surface area (Å²) in [6.45, 7) is 9.60. The Morgan fingerprint density at radius 3 is 1.93 bits per heavy atom. The summed E-state index contributed by atoms with van der Waals surface area (Å²) in [5.41, 5.74) is -0.490. The third-order valence-corrected chi connectivity index (χ3v) is 8.04. The van der Waals surface area contributed by atoms with Crippen molar-refractivity contribution >= 4 is 46.1 Å². The SMILES string of the molecule is CCOC(=O)C1=C(C(=O)OCC)C(C(=O)OCC)C(C(=O)OCC)=c2oc3cc(C)c(C)cc3c(=O)c2=C1NC1CCCCC1. The van der Waals surface area contributed by atoms with Gasteiger partial charge in [-0.2, -0.15) is 0 Å². The number of carbonyl (C=O) groups is 4. The Hall–Kier alpha value is -4.41. The smallest absolute Gasteiger partial charge is 0.340 e. The molecule has 45 heavy (non-hydrogen) atoms. The molecule has 0 aliphatic heterocycles. The van der Waals surface area contributed by atoms with Crippen LogP contribution in [0.4, 0.5) is 0 Å². The molecule has 4 rings (SSSR count). The molecule has 1 saturated carbocycles. The van der Waals surface area contributed by atoms with Crippen LogP contribution in [-0.2, 0) is 38.1 Å². The Labute approximate surface area is 261 Å². The predicted molar refractivity (Wildman–Crippen MR) is 165 cm³/mol. The summed E-state index contributed by atoms with van der Waals surface area (Å²) < 4.78 is 28.0. The molecule has 1 unspecified atom stereocenters. The van der Waals surface area contributed by atoms with Gasteiger partial charge in [-0.3, -0.25) is 9.59 Å². The highest BCUT2D eigenvalue weighted by Gasteiger charge is 2.45. The maximum absolute atomic E-state index is 14.6. The molecule has 11 heteroatoms. The number of nitrogens with one attached hydrogen (secondary N) is 1. The van der Waals surface area contributed by atoms with Crippen LogP contribution in [0.25, 0.3) is 22.2 Å². The molecule has 2 aromatic rings. The third-order valence-electron chi connectivity index (χ3n) is 8.04. The molecule has 0 amide bonds. The van der Waals surface area contributed by atoms with Gasteiger partial charge in [0.25, 0.3) is 0 Å². The molecule has 2 aliphatic carbocycles. The van der Waals surface area contributed by atoms with Gasteiger partial charge >= 0.3 is 23.9 Å². The number of carbonyl (C=O) groups excluding carboxylic acids is 4. The number of rotatable bonds is 10. The molecule has 1 aromatic carbocycles. The van der Waals surface area contributed by atoms with Gasteiger partial charge in [0.2, 0.25) is 5.43 Å². The van der Waals surface area contributed by atoms with Crippen LogP contribution >= 0.6 is 0 Å². The average Bonchev–Trinajstić information content (AvgIpc) is 3.12.